The van der Waals surface area contributed by atoms with Crippen LogP contribution >= 0.6 is 0 Å². The molecule has 0 atom stereocenters. The van der Waals surface area contributed by atoms with Crippen molar-refractivity contribution in [3.63, 3.8) is 0 Å². The SMILES string of the molecule is CCc1ccc2c(c1)-c1ccccc1C2.C[CH-]C.Cc1ccc2ccccc2c1.[Cl-].[Cl-].[Zr+3]. The van der Waals surface area contributed by atoms with E-state index in [0.717, 1.165) is 12.8 Å². The molecule has 1 radical (unpaired) electrons. The van der Waals surface area contributed by atoms with E-state index in [1.165, 1.54) is 44.2 Å². The second-order valence-corrected chi connectivity index (χ2v) is 7.61. The van der Waals surface area contributed by atoms with Crippen molar-refractivity contribution >= 4 is 10.8 Å². The molecule has 0 saturated heterocycles. The van der Waals surface area contributed by atoms with Gasteiger partial charge in [0.2, 0.25) is 0 Å². The van der Waals surface area contributed by atoms with Gasteiger partial charge in [-0.05, 0) is 58.4 Å². The summed E-state index contributed by atoms with van der Waals surface area (Å²) in [6, 6.07) is 30.5. The van der Waals surface area contributed by atoms with E-state index in [9.17, 15) is 0 Å². The Morgan fingerprint density at radius 1 is 0.688 bits per heavy atom. The molecule has 4 aromatic rings. The second kappa shape index (κ2) is 15.4. The van der Waals surface area contributed by atoms with Crippen LogP contribution in [0.25, 0.3) is 21.9 Å². The standard InChI is InChI=1S/C15H14.C11H10.C3H7.2ClH.Zr/c1-2-11-7-8-13-10-12-5-3-4-6-14(12)15(13)9-11;1-9-6-7-10-4-2-3-5-11(10)8-9;1-3-2;;;/h3-9H,2,10H2,1H3;2-8H,1H3;3H,1-2H3;2*1H;/q;;-1;;;+3/p-2. The Morgan fingerprint density at radius 3 is 1.97 bits per heavy atom. The first-order valence-electron chi connectivity index (χ1n) is 10.6. The Bertz CT molecular complexity index is 1090. The molecule has 0 nitrogen and oxygen atoms in total. The van der Waals surface area contributed by atoms with Gasteiger partial charge in [0, 0.05) is 0 Å². The number of fused-ring (bicyclic) bond motifs is 4. The van der Waals surface area contributed by atoms with E-state index in [2.05, 4.69) is 98.8 Å². The van der Waals surface area contributed by atoms with Crippen LogP contribution in [-0.4, -0.2) is 0 Å². The predicted molar refractivity (Wildman–Crippen MR) is 128 cm³/mol. The molecule has 0 fully saturated rings. The zero-order chi connectivity index (χ0) is 20.6. The smallest absolute Gasteiger partial charge is 1.00 e. The van der Waals surface area contributed by atoms with Crippen molar-refractivity contribution in [2.75, 3.05) is 0 Å². The molecule has 32 heavy (non-hydrogen) atoms. The van der Waals surface area contributed by atoms with E-state index >= 15 is 0 Å². The van der Waals surface area contributed by atoms with E-state index in [1.54, 1.807) is 0 Å². The number of hydrogen-bond acceptors (Lipinski definition) is 0. The third-order valence-electron chi connectivity index (χ3n) is 5.18. The summed E-state index contributed by atoms with van der Waals surface area (Å²) in [5.74, 6) is 0. The number of aryl methyl sites for hydroxylation is 2. The summed E-state index contributed by atoms with van der Waals surface area (Å²) in [6.45, 7) is 8.33. The van der Waals surface area contributed by atoms with Crippen molar-refractivity contribution in [2.24, 2.45) is 0 Å². The molecular weight excluding hydrogens is 510 g/mol. The maximum atomic E-state index is 2.35. The van der Waals surface area contributed by atoms with Gasteiger partial charge >= 0.3 is 26.2 Å². The maximum absolute atomic E-state index is 2.35. The van der Waals surface area contributed by atoms with Gasteiger partial charge in [-0.25, -0.2) is 0 Å². The zero-order valence-corrected chi connectivity index (χ0v) is 23.3. The summed E-state index contributed by atoms with van der Waals surface area (Å²) >= 11 is 0. The molecule has 3 heteroatoms. The van der Waals surface area contributed by atoms with Crippen molar-refractivity contribution in [2.45, 2.75) is 40.5 Å². The van der Waals surface area contributed by atoms with Crippen LogP contribution in [0.15, 0.2) is 84.9 Å². The summed E-state index contributed by atoms with van der Waals surface area (Å²) in [5.41, 5.74) is 8.59. The molecule has 0 saturated carbocycles. The van der Waals surface area contributed by atoms with Crippen LogP contribution in [0.2, 0.25) is 0 Å². The number of rotatable bonds is 1. The molecule has 0 unspecified atom stereocenters. The molecule has 0 amide bonds. The molecule has 0 aliphatic heterocycles. The summed E-state index contributed by atoms with van der Waals surface area (Å²) in [7, 11) is 0. The summed E-state index contributed by atoms with van der Waals surface area (Å²) < 4.78 is 0. The third-order valence-corrected chi connectivity index (χ3v) is 5.18. The number of hydrogen-bond donors (Lipinski definition) is 0. The first kappa shape index (κ1) is 30.6. The van der Waals surface area contributed by atoms with Crippen molar-refractivity contribution in [3.05, 3.63) is 114 Å². The van der Waals surface area contributed by atoms with E-state index in [1.807, 2.05) is 20.3 Å². The first-order chi connectivity index (χ1) is 14.2. The van der Waals surface area contributed by atoms with Gasteiger partial charge in [0.05, 0.1) is 0 Å². The van der Waals surface area contributed by atoms with Crippen molar-refractivity contribution in [1.82, 2.24) is 0 Å². The van der Waals surface area contributed by atoms with Crippen molar-refractivity contribution in [1.29, 1.82) is 0 Å². The molecule has 1 aliphatic rings. The van der Waals surface area contributed by atoms with Crippen LogP contribution in [-0.2, 0) is 39.0 Å². The molecule has 165 valence electrons. The number of halogens is 2. The molecule has 0 spiro atoms. The minimum absolute atomic E-state index is 0. The summed E-state index contributed by atoms with van der Waals surface area (Å²) in [6.07, 6.45) is 4.23. The van der Waals surface area contributed by atoms with Gasteiger partial charge in [-0.1, -0.05) is 97.4 Å². The fourth-order valence-electron chi connectivity index (χ4n) is 3.70. The first-order valence-corrected chi connectivity index (χ1v) is 10.6. The third kappa shape index (κ3) is 7.88. The van der Waals surface area contributed by atoms with Crippen LogP contribution in [0.4, 0.5) is 0 Å². The predicted octanol–water partition coefficient (Wildman–Crippen LogP) is 2.20. The van der Waals surface area contributed by atoms with E-state index < -0.39 is 0 Å². The molecule has 0 bridgehead atoms. The van der Waals surface area contributed by atoms with E-state index in [0.29, 0.717) is 0 Å². The summed E-state index contributed by atoms with van der Waals surface area (Å²) in [5, 5.41) is 2.64. The number of benzene rings is 4. The Labute approximate surface area is 225 Å². The average molecular weight is 542 g/mol. The monoisotopic (exact) mass is 539 g/mol. The van der Waals surface area contributed by atoms with Gasteiger partial charge in [-0.15, -0.1) is 0 Å². The Hall–Kier alpha value is -1.40. The van der Waals surface area contributed by atoms with E-state index in [4.69, 9.17) is 0 Å². The second-order valence-electron chi connectivity index (χ2n) is 7.61. The summed E-state index contributed by atoms with van der Waals surface area (Å²) in [4.78, 5) is 0. The average Bonchev–Trinajstić information content (AvgIpc) is 3.12. The van der Waals surface area contributed by atoms with Gasteiger partial charge in [0.25, 0.3) is 0 Å². The van der Waals surface area contributed by atoms with Gasteiger partial charge in [-0.3, -0.25) is 0 Å². The normalized spacial score (nSPS) is 9.88. The topological polar surface area (TPSA) is 0 Å². The minimum atomic E-state index is 0. The molecular formula is C29H31Cl2Zr. The molecule has 0 N–H and O–H groups in total. The van der Waals surface area contributed by atoms with Crippen LogP contribution in [0, 0.1) is 13.3 Å². The van der Waals surface area contributed by atoms with Gasteiger partial charge in [-0.2, -0.15) is 13.8 Å². The quantitative estimate of drug-likeness (QED) is 0.286. The Balaban J connectivity index is 0.000000509. The van der Waals surface area contributed by atoms with Crippen LogP contribution in [0.3, 0.4) is 0 Å². The largest absolute Gasteiger partial charge is 3.00 e. The van der Waals surface area contributed by atoms with Gasteiger partial charge in [0.15, 0.2) is 0 Å². The van der Waals surface area contributed by atoms with E-state index in [-0.39, 0.29) is 51.0 Å². The molecule has 4 aromatic carbocycles. The Kier molecular flexibility index (Phi) is 14.8. The maximum Gasteiger partial charge on any atom is 3.00 e. The van der Waals surface area contributed by atoms with Crippen LogP contribution in [0.5, 0.6) is 0 Å². The van der Waals surface area contributed by atoms with Gasteiger partial charge < -0.3 is 31.2 Å². The van der Waals surface area contributed by atoms with Crippen LogP contribution < -0.4 is 24.8 Å². The van der Waals surface area contributed by atoms with Crippen molar-refractivity contribution in [3.8, 4) is 11.1 Å². The van der Waals surface area contributed by atoms with Crippen molar-refractivity contribution < 1.29 is 51.0 Å². The minimum Gasteiger partial charge on any atom is -1.00 e. The fourth-order valence-corrected chi connectivity index (χ4v) is 3.70. The fraction of sp³-hybridized carbons (Fsp3) is 0.207. The molecule has 0 aromatic heterocycles. The molecule has 1 aliphatic carbocycles. The Morgan fingerprint density at radius 2 is 1.28 bits per heavy atom. The van der Waals surface area contributed by atoms with Gasteiger partial charge in [0.1, 0.15) is 0 Å². The molecule has 5 rings (SSSR count). The molecule has 0 heterocycles. The zero-order valence-electron chi connectivity index (χ0n) is 19.3. The van der Waals surface area contributed by atoms with Crippen LogP contribution in [0.1, 0.15) is 43.0 Å².